The van der Waals surface area contributed by atoms with E-state index in [1.807, 2.05) is 13.0 Å². The van der Waals surface area contributed by atoms with E-state index in [2.05, 4.69) is 27.9 Å². The van der Waals surface area contributed by atoms with Crippen LogP contribution in [-0.4, -0.2) is 22.5 Å². The fourth-order valence-electron chi connectivity index (χ4n) is 1.14. The van der Waals surface area contributed by atoms with Gasteiger partial charge in [-0.15, -0.1) is 0 Å². The normalized spacial score (nSPS) is 11.1. The van der Waals surface area contributed by atoms with Crippen molar-refractivity contribution < 1.29 is 14.7 Å². The van der Waals surface area contributed by atoms with Gasteiger partial charge in [0.2, 0.25) is 0 Å². The maximum absolute atomic E-state index is 11.9. The van der Waals surface area contributed by atoms with Gasteiger partial charge in [-0.2, -0.15) is 0 Å². The molecule has 0 aromatic heterocycles. The molecule has 0 bridgehead atoms. The van der Waals surface area contributed by atoms with Gasteiger partial charge in [0.25, 0.3) is 5.91 Å². The van der Waals surface area contributed by atoms with Gasteiger partial charge in [0, 0.05) is 9.13 Å². The number of nitrogens with one attached hydrogen (secondary N) is 1. The highest BCUT2D eigenvalue weighted by molar-refractivity contribution is 14.1. The highest BCUT2D eigenvalue weighted by Gasteiger charge is 2.29. The van der Waals surface area contributed by atoms with Crippen LogP contribution in [0.4, 0.5) is 0 Å². The molecule has 0 saturated heterocycles. The van der Waals surface area contributed by atoms with Crippen molar-refractivity contribution in [3.05, 3.63) is 32.9 Å². The molecule has 1 amide bonds. The number of halogens is 1. The summed E-state index contributed by atoms with van der Waals surface area (Å²) in [5.41, 5.74) is 0.280. The third-order valence-corrected chi connectivity index (χ3v) is 3.56. The number of amides is 1. The quantitative estimate of drug-likeness (QED) is 0.824. The standard InChI is InChI=1S/C12H14INO3/c1-7-4-5-8(6-9(7)13)10(15)14-12(2,3)11(16)17/h4-6H,1-3H3,(H,14,15)(H,16,17). The number of rotatable bonds is 3. The Balaban J connectivity index is 2.91. The second-order valence-electron chi connectivity index (χ2n) is 4.35. The Kier molecular flexibility index (Phi) is 4.13. The number of hydrogen-bond donors (Lipinski definition) is 2. The van der Waals surface area contributed by atoms with Crippen LogP contribution in [0.15, 0.2) is 18.2 Å². The summed E-state index contributed by atoms with van der Waals surface area (Å²) < 4.78 is 0.975. The Morgan fingerprint density at radius 2 is 1.94 bits per heavy atom. The molecule has 1 aromatic carbocycles. The molecule has 0 atom stereocenters. The number of benzene rings is 1. The lowest BCUT2D eigenvalue weighted by Gasteiger charge is -2.21. The van der Waals surface area contributed by atoms with Crippen LogP contribution in [0.2, 0.25) is 0 Å². The predicted octanol–water partition coefficient (Wildman–Crippen LogP) is 2.19. The topological polar surface area (TPSA) is 66.4 Å². The summed E-state index contributed by atoms with van der Waals surface area (Å²) in [5.74, 6) is -1.44. The van der Waals surface area contributed by atoms with Gasteiger partial charge < -0.3 is 10.4 Å². The van der Waals surface area contributed by atoms with Crippen LogP contribution < -0.4 is 5.32 Å². The molecule has 0 spiro atoms. The summed E-state index contributed by atoms with van der Waals surface area (Å²) in [6.45, 7) is 4.85. The molecule has 5 heteroatoms. The number of aliphatic carboxylic acids is 1. The van der Waals surface area contributed by atoms with E-state index >= 15 is 0 Å². The first-order chi connectivity index (χ1) is 7.74. The van der Waals surface area contributed by atoms with E-state index < -0.39 is 11.5 Å². The largest absolute Gasteiger partial charge is 0.480 e. The van der Waals surface area contributed by atoms with Crippen LogP contribution in [0.5, 0.6) is 0 Å². The molecule has 17 heavy (non-hydrogen) atoms. The summed E-state index contributed by atoms with van der Waals surface area (Å²) >= 11 is 2.14. The molecular formula is C12H14INO3. The molecular weight excluding hydrogens is 333 g/mol. The lowest BCUT2D eigenvalue weighted by molar-refractivity contribution is -0.143. The minimum atomic E-state index is -1.27. The van der Waals surface area contributed by atoms with Crippen LogP contribution in [0.25, 0.3) is 0 Å². The molecule has 0 saturated carbocycles. The van der Waals surface area contributed by atoms with E-state index in [9.17, 15) is 9.59 Å². The van der Waals surface area contributed by atoms with Crippen molar-refractivity contribution >= 4 is 34.5 Å². The van der Waals surface area contributed by atoms with Crippen molar-refractivity contribution in [2.75, 3.05) is 0 Å². The van der Waals surface area contributed by atoms with Crippen molar-refractivity contribution in [3.63, 3.8) is 0 Å². The molecule has 1 rings (SSSR count). The van der Waals surface area contributed by atoms with Crippen LogP contribution in [0, 0.1) is 10.5 Å². The molecule has 0 aliphatic rings. The first-order valence-electron chi connectivity index (χ1n) is 5.06. The van der Waals surface area contributed by atoms with Gasteiger partial charge in [-0.05, 0) is 61.1 Å². The van der Waals surface area contributed by atoms with Crippen LogP contribution in [0.3, 0.4) is 0 Å². The molecule has 0 radical (unpaired) electrons. The van der Waals surface area contributed by atoms with Gasteiger partial charge in [-0.3, -0.25) is 4.79 Å². The van der Waals surface area contributed by atoms with Crippen molar-refractivity contribution in [2.24, 2.45) is 0 Å². The summed E-state index contributed by atoms with van der Waals surface area (Å²) in [7, 11) is 0. The zero-order valence-electron chi connectivity index (χ0n) is 9.87. The first kappa shape index (κ1) is 14.0. The number of hydrogen-bond acceptors (Lipinski definition) is 2. The number of carbonyl (C=O) groups excluding carboxylic acids is 1. The predicted molar refractivity (Wildman–Crippen MR) is 73.1 cm³/mol. The number of aryl methyl sites for hydroxylation is 1. The van der Waals surface area contributed by atoms with E-state index in [1.54, 1.807) is 12.1 Å². The van der Waals surface area contributed by atoms with Gasteiger partial charge >= 0.3 is 5.97 Å². The monoisotopic (exact) mass is 347 g/mol. The van der Waals surface area contributed by atoms with Crippen LogP contribution >= 0.6 is 22.6 Å². The Labute approximate surface area is 114 Å². The highest BCUT2D eigenvalue weighted by atomic mass is 127. The van der Waals surface area contributed by atoms with Crippen LogP contribution in [-0.2, 0) is 4.79 Å². The second kappa shape index (κ2) is 5.03. The minimum absolute atomic E-state index is 0.379. The second-order valence-corrected chi connectivity index (χ2v) is 5.51. The Bertz CT molecular complexity index is 469. The van der Waals surface area contributed by atoms with E-state index in [0.29, 0.717) is 5.56 Å². The number of carbonyl (C=O) groups is 2. The molecule has 1 aromatic rings. The fourth-order valence-corrected chi connectivity index (χ4v) is 1.66. The molecule has 0 aliphatic carbocycles. The summed E-state index contributed by atoms with van der Waals surface area (Å²) in [4.78, 5) is 22.7. The highest BCUT2D eigenvalue weighted by Crippen LogP contribution is 2.14. The van der Waals surface area contributed by atoms with Crippen LogP contribution in [0.1, 0.15) is 29.8 Å². The van der Waals surface area contributed by atoms with E-state index in [0.717, 1.165) is 9.13 Å². The van der Waals surface area contributed by atoms with Gasteiger partial charge in [-0.25, -0.2) is 4.79 Å². The van der Waals surface area contributed by atoms with E-state index in [-0.39, 0.29) is 5.91 Å². The molecule has 4 nitrogen and oxygen atoms in total. The maximum atomic E-state index is 11.9. The maximum Gasteiger partial charge on any atom is 0.328 e. The third-order valence-electron chi connectivity index (χ3n) is 2.39. The van der Waals surface area contributed by atoms with Gasteiger partial charge in [-0.1, -0.05) is 6.07 Å². The van der Waals surface area contributed by atoms with Gasteiger partial charge in [0.05, 0.1) is 0 Å². The lowest BCUT2D eigenvalue weighted by atomic mass is 10.0. The van der Waals surface area contributed by atoms with E-state index in [1.165, 1.54) is 13.8 Å². The zero-order valence-corrected chi connectivity index (χ0v) is 12.0. The fraction of sp³-hybridized carbons (Fsp3) is 0.333. The van der Waals surface area contributed by atoms with Crippen molar-refractivity contribution in [1.29, 1.82) is 0 Å². The third kappa shape index (κ3) is 3.42. The average molecular weight is 347 g/mol. The Morgan fingerprint density at radius 3 is 2.41 bits per heavy atom. The average Bonchev–Trinajstić information content (AvgIpc) is 2.21. The minimum Gasteiger partial charge on any atom is -0.480 e. The summed E-state index contributed by atoms with van der Waals surface area (Å²) in [6, 6.07) is 5.26. The summed E-state index contributed by atoms with van der Waals surface area (Å²) in [5, 5.41) is 11.4. The van der Waals surface area contributed by atoms with Crippen molar-refractivity contribution in [1.82, 2.24) is 5.32 Å². The number of carboxylic acid groups (broad SMARTS) is 1. The lowest BCUT2D eigenvalue weighted by Crippen LogP contribution is -2.49. The molecule has 0 unspecified atom stereocenters. The molecule has 0 fully saturated rings. The Morgan fingerprint density at radius 1 is 1.35 bits per heavy atom. The number of carboxylic acids is 1. The van der Waals surface area contributed by atoms with Crippen molar-refractivity contribution in [3.8, 4) is 0 Å². The van der Waals surface area contributed by atoms with E-state index in [4.69, 9.17) is 5.11 Å². The van der Waals surface area contributed by atoms with Crippen molar-refractivity contribution in [2.45, 2.75) is 26.3 Å². The Hall–Kier alpha value is -1.11. The molecule has 2 N–H and O–H groups in total. The molecule has 92 valence electrons. The molecule has 0 heterocycles. The summed E-state index contributed by atoms with van der Waals surface area (Å²) in [6.07, 6.45) is 0. The van der Waals surface area contributed by atoms with Gasteiger partial charge in [0.1, 0.15) is 5.54 Å². The zero-order chi connectivity index (χ0) is 13.2. The first-order valence-corrected chi connectivity index (χ1v) is 6.14. The SMILES string of the molecule is Cc1ccc(C(=O)NC(C)(C)C(=O)O)cc1I. The molecule has 0 aliphatic heterocycles. The van der Waals surface area contributed by atoms with Gasteiger partial charge in [0.15, 0.2) is 0 Å². The smallest absolute Gasteiger partial charge is 0.328 e.